The average molecular weight is 454 g/mol. The van der Waals surface area contributed by atoms with Crippen LogP contribution in [0.25, 0.3) is 5.69 Å². The highest BCUT2D eigenvalue weighted by molar-refractivity contribution is 6.30. The molecule has 0 radical (unpaired) electrons. The van der Waals surface area contributed by atoms with Gasteiger partial charge in [0.2, 0.25) is 5.91 Å². The maximum absolute atomic E-state index is 12.9. The maximum Gasteiger partial charge on any atom is 0.322 e. The van der Waals surface area contributed by atoms with Gasteiger partial charge in [0.05, 0.1) is 17.5 Å². The Morgan fingerprint density at radius 2 is 1.66 bits per heavy atom. The number of aryl methyl sites for hydroxylation is 2. The highest BCUT2D eigenvalue weighted by Crippen LogP contribution is 2.23. The van der Waals surface area contributed by atoms with Gasteiger partial charge in [-0.2, -0.15) is 5.10 Å². The van der Waals surface area contributed by atoms with Crippen molar-refractivity contribution in [1.82, 2.24) is 14.7 Å². The first-order chi connectivity index (χ1) is 15.3. The Bertz CT molecular complexity index is 1130. The Hall–Kier alpha value is -3.36. The van der Waals surface area contributed by atoms with Gasteiger partial charge in [0.15, 0.2) is 0 Å². The van der Waals surface area contributed by atoms with E-state index in [9.17, 15) is 14.7 Å². The van der Waals surface area contributed by atoms with Crippen LogP contribution in [0.3, 0.4) is 0 Å². The minimum absolute atomic E-state index is 0.0778. The molecule has 2 aromatic carbocycles. The van der Waals surface area contributed by atoms with Gasteiger partial charge in [-0.3, -0.25) is 4.79 Å². The van der Waals surface area contributed by atoms with Gasteiger partial charge in [-0.1, -0.05) is 11.6 Å². The first-order valence-corrected chi connectivity index (χ1v) is 10.6. The standard InChI is InChI=1S/C23H24ClN5O3/c1-14-11-15(2)29(27-14)19-9-7-17(8-10-19)25-22(31)21-12-20(30)13-28(21)23(32)26-18-5-3-16(24)4-6-18/h3-11,20-21,30H,12-13H2,1-2H3,(H,25,31)(H,26,32)/t20-,21-/m1/s1. The summed E-state index contributed by atoms with van der Waals surface area (Å²) in [5, 5.41) is 20.7. The number of aliphatic hydroxyl groups is 1. The van der Waals surface area contributed by atoms with Crippen molar-refractivity contribution >= 4 is 34.9 Å². The highest BCUT2D eigenvalue weighted by atomic mass is 35.5. The van der Waals surface area contributed by atoms with E-state index in [1.807, 2.05) is 36.7 Å². The van der Waals surface area contributed by atoms with Crippen LogP contribution in [-0.4, -0.2) is 50.4 Å². The van der Waals surface area contributed by atoms with Crippen LogP contribution in [-0.2, 0) is 4.79 Å². The molecule has 8 nitrogen and oxygen atoms in total. The second-order valence-electron chi connectivity index (χ2n) is 7.87. The second kappa shape index (κ2) is 9.02. The first kappa shape index (κ1) is 21.9. The van der Waals surface area contributed by atoms with E-state index in [-0.39, 0.29) is 18.9 Å². The number of β-amino-alcohol motifs (C(OH)–C–C–N with tert-alkyl or cyclic N) is 1. The predicted octanol–water partition coefficient (Wildman–Crippen LogP) is 3.75. The van der Waals surface area contributed by atoms with E-state index in [1.54, 1.807) is 36.4 Å². The number of nitrogens with one attached hydrogen (secondary N) is 2. The van der Waals surface area contributed by atoms with Crippen molar-refractivity contribution < 1.29 is 14.7 Å². The Morgan fingerprint density at radius 1 is 1.03 bits per heavy atom. The molecule has 0 aliphatic carbocycles. The number of halogens is 1. The fraction of sp³-hybridized carbons (Fsp3) is 0.261. The van der Waals surface area contributed by atoms with Gasteiger partial charge in [-0.25, -0.2) is 9.48 Å². The number of amides is 3. The molecule has 32 heavy (non-hydrogen) atoms. The quantitative estimate of drug-likeness (QED) is 0.560. The molecule has 9 heteroatoms. The molecule has 3 amide bonds. The molecule has 0 unspecified atom stereocenters. The number of aliphatic hydroxyl groups excluding tert-OH is 1. The van der Waals surface area contributed by atoms with E-state index in [2.05, 4.69) is 15.7 Å². The maximum atomic E-state index is 12.9. The van der Waals surface area contributed by atoms with Crippen LogP contribution in [0.2, 0.25) is 5.02 Å². The van der Waals surface area contributed by atoms with E-state index in [4.69, 9.17) is 11.6 Å². The van der Waals surface area contributed by atoms with Crippen molar-refractivity contribution in [2.75, 3.05) is 17.2 Å². The summed E-state index contributed by atoms with van der Waals surface area (Å²) in [7, 11) is 0. The molecule has 3 aromatic rings. The Labute approximate surface area is 190 Å². The fourth-order valence-electron chi connectivity index (χ4n) is 3.82. The summed E-state index contributed by atoms with van der Waals surface area (Å²) >= 11 is 5.88. The zero-order chi connectivity index (χ0) is 22.8. The lowest BCUT2D eigenvalue weighted by Crippen LogP contribution is -2.45. The molecule has 1 aliphatic heterocycles. The lowest BCUT2D eigenvalue weighted by atomic mass is 10.1. The van der Waals surface area contributed by atoms with Gasteiger partial charge in [0.1, 0.15) is 6.04 Å². The number of aromatic nitrogens is 2. The molecular weight excluding hydrogens is 430 g/mol. The molecule has 2 atom stereocenters. The third-order valence-electron chi connectivity index (χ3n) is 5.33. The second-order valence-corrected chi connectivity index (χ2v) is 8.31. The highest BCUT2D eigenvalue weighted by Gasteiger charge is 2.39. The normalized spacial score (nSPS) is 17.9. The molecular formula is C23H24ClN5O3. The molecule has 1 aliphatic rings. The minimum Gasteiger partial charge on any atom is -0.391 e. The van der Waals surface area contributed by atoms with Crippen LogP contribution in [0.15, 0.2) is 54.6 Å². The Kier molecular flexibility index (Phi) is 6.16. The number of anilines is 2. The SMILES string of the molecule is Cc1cc(C)n(-c2ccc(NC(=O)[C@H]3C[C@@H](O)CN3C(=O)Nc3ccc(Cl)cc3)cc2)n1. The van der Waals surface area contributed by atoms with Gasteiger partial charge >= 0.3 is 6.03 Å². The van der Waals surface area contributed by atoms with Gasteiger partial charge in [-0.15, -0.1) is 0 Å². The molecule has 2 heterocycles. The smallest absolute Gasteiger partial charge is 0.322 e. The van der Waals surface area contributed by atoms with Crippen LogP contribution < -0.4 is 10.6 Å². The number of hydrogen-bond donors (Lipinski definition) is 3. The van der Waals surface area contributed by atoms with Crippen LogP contribution in [0.5, 0.6) is 0 Å². The Morgan fingerprint density at radius 3 is 2.28 bits per heavy atom. The van der Waals surface area contributed by atoms with Crippen molar-refractivity contribution in [3.05, 3.63) is 71.0 Å². The third-order valence-corrected chi connectivity index (χ3v) is 5.58. The predicted molar refractivity (Wildman–Crippen MR) is 123 cm³/mol. The summed E-state index contributed by atoms with van der Waals surface area (Å²) in [6.07, 6.45) is -0.598. The van der Waals surface area contributed by atoms with E-state index in [0.29, 0.717) is 16.4 Å². The van der Waals surface area contributed by atoms with Crippen molar-refractivity contribution in [3.63, 3.8) is 0 Å². The van der Waals surface area contributed by atoms with E-state index >= 15 is 0 Å². The lowest BCUT2D eigenvalue weighted by Gasteiger charge is -2.24. The summed E-state index contributed by atoms with van der Waals surface area (Å²) in [4.78, 5) is 27.0. The summed E-state index contributed by atoms with van der Waals surface area (Å²) in [5.41, 5.74) is 3.98. The number of nitrogens with zero attached hydrogens (tertiary/aromatic N) is 3. The average Bonchev–Trinajstić information content (AvgIpc) is 3.32. The zero-order valence-electron chi connectivity index (χ0n) is 17.7. The minimum atomic E-state index is -0.784. The monoisotopic (exact) mass is 453 g/mol. The van der Waals surface area contributed by atoms with E-state index < -0.39 is 18.2 Å². The number of likely N-dealkylation sites (tertiary alicyclic amines) is 1. The lowest BCUT2D eigenvalue weighted by molar-refractivity contribution is -0.119. The van der Waals surface area contributed by atoms with E-state index in [0.717, 1.165) is 17.1 Å². The fourth-order valence-corrected chi connectivity index (χ4v) is 3.94. The Balaban J connectivity index is 1.43. The van der Waals surface area contributed by atoms with Crippen molar-refractivity contribution in [2.24, 2.45) is 0 Å². The zero-order valence-corrected chi connectivity index (χ0v) is 18.5. The van der Waals surface area contributed by atoms with Gasteiger partial charge in [-0.05, 0) is 68.4 Å². The number of hydrogen-bond acceptors (Lipinski definition) is 4. The van der Waals surface area contributed by atoms with Crippen LogP contribution in [0.4, 0.5) is 16.2 Å². The molecule has 4 rings (SSSR count). The van der Waals surface area contributed by atoms with Crippen LogP contribution in [0, 0.1) is 13.8 Å². The van der Waals surface area contributed by atoms with Gasteiger partial charge in [0, 0.05) is 35.1 Å². The molecule has 166 valence electrons. The van der Waals surface area contributed by atoms with Gasteiger partial charge in [0.25, 0.3) is 0 Å². The molecule has 1 saturated heterocycles. The molecule has 0 saturated carbocycles. The summed E-state index contributed by atoms with van der Waals surface area (Å²) in [6.45, 7) is 3.99. The summed E-state index contributed by atoms with van der Waals surface area (Å²) < 4.78 is 1.83. The summed E-state index contributed by atoms with van der Waals surface area (Å²) in [5.74, 6) is -0.355. The van der Waals surface area contributed by atoms with Crippen molar-refractivity contribution in [1.29, 1.82) is 0 Å². The van der Waals surface area contributed by atoms with E-state index in [1.165, 1.54) is 4.90 Å². The molecule has 3 N–H and O–H groups in total. The topological polar surface area (TPSA) is 99.5 Å². The van der Waals surface area contributed by atoms with Crippen molar-refractivity contribution in [3.8, 4) is 5.69 Å². The molecule has 1 fully saturated rings. The van der Waals surface area contributed by atoms with Crippen LogP contribution in [0.1, 0.15) is 17.8 Å². The number of carbonyl (C=O) groups is 2. The van der Waals surface area contributed by atoms with Crippen molar-refractivity contribution in [2.45, 2.75) is 32.4 Å². The molecule has 0 bridgehead atoms. The number of urea groups is 1. The van der Waals surface area contributed by atoms with Gasteiger partial charge < -0.3 is 20.6 Å². The third kappa shape index (κ3) is 4.76. The molecule has 0 spiro atoms. The number of rotatable bonds is 4. The number of benzene rings is 2. The number of carbonyl (C=O) groups excluding carboxylic acids is 2. The first-order valence-electron chi connectivity index (χ1n) is 10.3. The molecule has 1 aromatic heterocycles. The summed E-state index contributed by atoms with van der Waals surface area (Å²) in [6, 6.07) is 14.7. The largest absolute Gasteiger partial charge is 0.391 e. The van der Waals surface area contributed by atoms with Crippen LogP contribution >= 0.6 is 11.6 Å².